The molecule has 0 amide bonds. The number of hydrogen-bond acceptors (Lipinski definition) is 3. The summed E-state index contributed by atoms with van der Waals surface area (Å²) >= 11 is 0. The van der Waals surface area contributed by atoms with Crippen molar-refractivity contribution in [3.05, 3.63) is 37.1 Å². The molecule has 17 heavy (non-hydrogen) atoms. The van der Waals surface area contributed by atoms with E-state index >= 15 is 0 Å². The van der Waals surface area contributed by atoms with Gasteiger partial charge >= 0.3 is 0 Å². The van der Waals surface area contributed by atoms with Gasteiger partial charge in [0.05, 0.1) is 11.9 Å². The van der Waals surface area contributed by atoms with Crippen molar-refractivity contribution < 1.29 is 0 Å². The fourth-order valence-electron chi connectivity index (χ4n) is 1.81. The van der Waals surface area contributed by atoms with E-state index in [-0.39, 0.29) is 0 Å². The molecule has 90 valence electrons. The summed E-state index contributed by atoms with van der Waals surface area (Å²) < 4.78 is 1.89. The first-order valence-electron chi connectivity index (χ1n) is 6.00. The molecule has 0 spiro atoms. The van der Waals surface area contributed by atoms with Gasteiger partial charge in [0.25, 0.3) is 0 Å². The van der Waals surface area contributed by atoms with E-state index in [1.54, 1.807) is 12.5 Å². The first kappa shape index (κ1) is 11.6. The van der Waals surface area contributed by atoms with Crippen molar-refractivity contribution in [3.63, 3.8) is 0 Å². The Morgan fingerprint density at radius 3 is 2.88 bits per heavy atom. The molecule has 4 heteroatoms. The van der Waals surface area contributed by atoms with Crippen molar-refractivity contribution in [2.45, 2.75) is 32.7 Å². The van der Waals surface area contributed by atoms with Crippen LogP contribution in [0.1, 0.15) is 26.7 Å². The van der Waals surface area contributed by atoms with Gasteiger partial charge in [-0.2, -0.15) is 0 Å². The van der Waals surface area contributed by atoms with Gasteiger partial charge in [-0.3, -0.25) is 4.57 Å². The summed E-state index contributed by atoms with van der Waals surface area (Å²) in [5.74, 6) is 0.885. The van der Waals surface area contributed by atoms with E-state index in [1.165, 1.54) is 12.8 Å². The van der Waals surface area contributed by atoms with Crippen molar-refractivity contribution in [2.75, 3.05) is 5.32 Å². The van der Waals surface area contributed by atoms with Gasteiger partial charge in [-0.25, -0.2) is 9.97 Å². The number of imidazole rings is 1. The molecule has 0 bridgehead atoms. The van der Waals surface area contributed by atoms with Crippen molar-refractivity contribution in [1.82, 2.24) is 14.5 Å². The molecule has 2 aromatic rings. The standard InChI is InChI=1S/C13H18N4/c1-3-4-11(2)16-12-5-6-13(15-9-12)17-8-7-14-10-17/h5-11,16H,3-4H2,1-2H3. The number of hydrogen-bond donors (Lipinski definition) is 1. The zero-order valence-electron chi connectivity index (χ0n) is 10.3. The van der Waals surface area contributed by atoms with E-state index in [4.69, 9.17) is 0 Å². The van der Waals surface area contributed by atoms with Crippen LogP contribution in [-0.4, -0.2) is 20.6 Å². The molecule has 1 unspecified atom stereocenters. The Labute approximate surface area is 102 Å². The number of nitrogens with one attached hydrogen (secondary N) is 1. The van der Waals surface area contributed by atoms with E-state index < -0.39 is 0 Å². The van der Waals surface area contributed by atoms with Gasteiger partial charge in [0.1, 0.15) is 12.1 Å². The monoisotopic (exact) mass is 230 g/mol. The van der Waals surface area contributed by atoms with Crippen LogP contribution in [0.15, 0.2) is 37.1 Å². The van der Waals surface area contributed by atoms with Gasteiger partial charge in [0.2, 0.25) is 0 Å². The molecule has 1 atom stereocenters. The first-order chi connectivity index (χ1) is 8.29. The molecule has 0 aliphatic heterocycles. The number of nitrogens with zero attached hydrogens (tertiary/aromatic N) is 3. The third-order valence-corrected chi connectivity index (χ3v) is 2.65. The van der Waals surface area contributed by atoms with Gasteiger partial charge in [-0.15, -0.1) is 0 Å². The lowest BCUT2D eigenvalue weighted by Crippen LogP contribution is -2.14. The van der Waals surface area contributed by atoms with E-state index in [1.807, 2.05) is 23.0 Å². The minimum Gasteiger partial charge on any atom is -0.381 e. The molecular formula is C13H18N4. The molecule has 0 radical (unpaired) electrons. The van der Waals surface area contributed by atoms with E-state index in [9.17, 15) is 0 Å². The zero-order chi connectivity index (χ0) is 12.1. The van der Waals surface area contributed by atoms with Crippen LogP contribution in [0.4, 0.5) is 5.69 Å². The highest BCUT2D eigenvalue weighted by Gasteiger charge is 2.01. The van der Waals surface area contributed by atoms with Crippen molar-refractivity contribution in [1.29, 1.82) is 0 Å². The number of anilines is 1. The smallest absolute Gasteiger partial charge is 0.137 e. The summed E-state index contributed by atoms with van der Waals surface area (Å²) in [7, 11) is 0. The molecule has 0 aliphatic rings. The topological polar surface area (TPSA) is 42.7 Å². The highest BCUT2D eigenvalue weighted by Crippen LogP contribution is 2.12. The van der Waals surface area contributed by atoms with Crippen LogP contribution in [0, 0.1) is 0 Å². The zero-order valence-corrected chi connectivity index (χ0v) is 10.3. The fourth-order valence-corrected chi connectivity index (χ4v) is 1.81. The van der Waals surface area contributed by atoms with Crippen molar-refractivity contribution in [2.24, 2.45) is 0 Å². The van der Waals surface area contributed by atoms with Crippen LogP contribution in [0.25, 0.3) is 5.82 Å². The van der Waals surface area contributed by atoms with Crippen molar-refractivity contribution >= 4 is 5.69 Å². The van der Waals surface area contributed by atoms with Gasteiger partial charge in [0, 0.05) is 18.4 Å². The maximum Gasteiger partial charge on any atom is 0.137 e. The summed E-state index contributed by atoms with van der Waals surface area (Å²) in [5, 5.41) is 3.43. The van der Waals surface area contributed by atoms with Gasteiger partial charge < -0.3 is 5.32 Å². The molecule has 0 fully saturated rings. The number of rotatable bonds is 5. The van der Waals surface area contributed by atoms with Crippen LogP contribution in [0.3, 0.4) is 0 Å². The lowest BCUT2D eigenvalue weighted by molar-refractivity contribution is 0.690. The second-order valence-electron chi connectivity index (χ2n) is 4.21. The summed E-state index contributed by atoms with van der Waals surface area (Å²) in [5.41, 5.74) is 1.06. The molecule has 0 saturated carbocycles. The Balaban J connectivity index is 2.03. The number of aromatic nitrogens is 3. The SMILES string of the molecule is CCCC(C)Nc1ccc(-n2ccnc2)nc1. The minimum absolute atomic E-state index is 0.487. The van der Waals surface area contributed by atoms with E-state index in [0.717, 1.165) is 11.5 Å². The molecule has 0 aliphatic carbocycles. The van der Waals surface area contributed by atoms with Crippen molar-refractivity contribution in [3.8, 4) is 5.82 Å². The van der Waals surface area contributed by atoms with Crippen LogP contribution in [0.5, 0.6) is 0 Å². The second kappa shape index (κ2) is 5.48. The third-order valence-electron chi connectivity index (χ3n) is 2.65. The molecule has 2 heterocycles. The Morgan fingerprint density at radius 1 is 1.41 bits per heavy atom. The Bertz CT molecular complexity index is 433. The molecule has 1 N–H and O–H groups in total. The molecule has 2 rings (SSSR count). The average Bonchev–Trinajstić information content (AvgIpc) is 2.84. The highest BCUT2D eigenvalue weighted by molar-refractivity contribution is 5.44. The normalized spacial score (nSPS) is 12.4. The maximum atomic E-state index is 4.39. The number of pyridine rings is 1. The fraction of sp³-hybridized carbons (Fsp3) is 0.385. The maximum absolute atomic E-state index is 4.39. The summed E-state index contributed by atoms with van der Waals surface area (Å²) in [6, 6.07) is 4.53. The predicted molar refractivity (Wildman–Crippen MR) is 69.4 cm³/mol. The summed E-state index contributed by atoms with van der Waals surface area (Å²) in [6.07, 6.45) is 9.60. The average molecular weight is 230 g/mol. The second-order valence-corrected chi connectivity index (χ2v) is 4.21. The van der Waals surface area contributed by atoms with Crippen LogP contribution in [0.2, 0.25) is 0 Å². The summed E-state index contributed by atoms with van der Waals surface area (Å²) in [6.45, 7) is 4.38. The summed E-state index contributed by atoms with van der Waals surface area (Å²) in [4.78, 5) is 8.40. The highest BCUT2D eigenvalue weighted by atomic mass is 15.1. The molecular weight excluding hydrogens is 212 g/mol. The molecule has 4 nitrogen and oxygen atoms in total. The Morgan fingerprint density at radius 2 is 2.29 bits per heavy atom. The quantitative estimate of drug-likeness (QED) is 0.858. The Kier molecular flexibility index (Phi) is 3.75. The first-order valence-corrected chi connectivity index (χ1v) is 6.00. The van der Waals surface area contributed by atoms with Gasteiger partial charge in [0.15, 0.2) is 0 Å². The van der Waals surface area contributed by atoms with Gasteiger partial charge in [-0.1, -0.05) is 13.3 Å². The minimum atomic E-state index is 0.487. The van der Waals surface area contributed by atoms with E-state index in [0.29, 0.717) is 6.04 Å². The van der Waals surface area contributed by atoms with E-state index in [2.05, 4.69) is 35.2 Å². The van der Waals surface area contributed by atoms with Gasteiger partial charge in [-0.05, 0) is 25.5 Å². The Hall–Kier alpha value is -1.84. The third kappa shape index (κ3) is 3.06. The van der Waals surface area contributed by atoms with Crippen LogP contribution >= 0.6 is 0 Å². The molecule has 0 aromatic carbocycles. The molecule has 0 saturated heterocycles. The lowest BCUT2D eigenvalue weighted by atomic mass is 10.2. The molecule has 2 aromatic heterocycles. The largest absolute Gasteiger partial charge is 0.381 e. The predicted octanol–water partition coefficient (Wildman–Crippen LogP) is 2.87. The van der Waals surface area contributed by atoms with Crippen LogP contribution in [-0.2, 0) is 0 Å². The van der Waals surface area contributed by atoms with Crippen LogP contribution < -0.4 is 5.32 Å². The lowest BCUT2D eigenvalue weighted by Gasteiger charge is -2.14.